The highest BCUT2D eigenvalue weighted by Crippen LogP contribution is 2.29. The molecule has 1 atom stereocenters. The van der Waals surface area contributed by atoms with E-state index in [-0.39, 0.29) is 24.6 Å². The number of hydrazine groups is 1. The van der Waals surface area contributed by atoms with Gasteiger partial charge in [0.05, 0.1) is 11.4 Å². The molecule has 8 heteroatoms. The number of hydrogen-bond acceptors (Lipinski definition) is 6. The molecule has 0 saturated carbocycles. The first-order valence-corrected chi connectivity index (χ1v) is 10.7. The predicted molar refractivity (Wildman–Crippen MR) is 124 cm³/mol. The van der Waals surface area contributed by atoms with Crippen LogP contribution in [0.2, 0.25) is 0 Å². The number of rotatable bonds is 10. The highest BCUT2D eigenvalue weighted by Gasteiger charge is 2.36. The van der Waals surface area contributed by atoms with Gasteiger partial charge < -0.3 is 15.6 Å². The summed E-state index contributed by atoms with van der Waals surface area (Å²) in [5, 5.41) is 26.8. The Balaban J connectivity index is 1.63. The standard InChI is InChI=1S/C24H30N4O4/c1-16-9-11-18(12-10-16)13-14-19-6-4-7-20(23(19)31)26-27(3)22-17(2)25-28(24(22)32)15-5-8-21(29)30/h4,6-7,9-12,22,26,31H,5,8,13-15H2,1-3H3,(H,29,30). The van der Waals surface area contributed by atoms with Crippen molar-refractivity contribution in [2.75, 3.05) is 19.0 Å². The topological polar surface area (TPSA) is 105 Å². The van der Waals surface area contributed by atoms with Crippen LogP contribution in [0.15, 0.2) is 47.6 Å². The molecule has 1 aliphatic heterocycles. The normalized spacial score (nSPS) is 15.9. The lowest BCUT2D eigenvalue weighted by atomic mass is 10.0. The Labute approximate surface area is 188 Å². The number of carboxylic acid groups (broad SMARTS) is 1. The van der Waals surface area contributed by atoms with Crippen molar-refractivity contribution in [1.29, 1.82) is 0 Å². The molecular formula is C24H30N4O4. The average molecular weight is 439 g/mol. The number of aryl methyl sites for hydroxylation is 3. The summed E-state index contributed by atoms with van der Waals surface area (Å²) in [6.45, 7) is 4.07. The minimum absolute atomic E-state index is 0.0135. The van der Waals surface area contributed by atoms with Crippen molar-refractivity contribution < 1.29 is 19.8 Å². The number of hydrazone groups is 1. The van der Waals surface area contributed by atoms with E-state index in [4.69, 9.17) is 5.11 Å². The molecule has 1 heterocycles. The van der Waals surface area contributed by atoms with Crippen molar-refractivity contribution in [2.24, 2.45) is 5.10 Å². The van der Waals surface area contributed by atoms with Gasteiger partial charge in [0.1, 0.15) is 11.8 Å². The summed E-state index contributed by atoms with van der Waals surface area (Å²) in [6.07, 6.45) is 1.82. The fourth-order valence-corrected chi connectivity index (χ4v) is 3.77. The summed E-state index contributed by atoms with van der Waals surface area (Å²) < 4.78 is 0. The number of nitrogens with one attached hydrogen (secondary N) is 1. The number of likely N-dealkylation sites (N-methyl/N-ethyl adjacent to an activating group) is 1. The maximum Gasteiger partial charge on any atom is 0.303 e. The van der Waals surface area contributed by atoms with Crippen molar-refractivity contribution >= 4 is 23.3 Å². The molecule has 0 fully saturated rings. The highest BCUT2D eigenvalue weighted by atomic mass is 16.4. The van der Waals surface area contributed by atoms with Gasteiger partial charge in [-0.25, -0.2) is 10.0 Å². The van der Waals surface area contributed by atoms with Gasteiger partial charge in [-0.3, -0.25) is 9.59 Å². The van der Waals surface area contributed by atoms with Gasteiger partial charge in [-0.2, -0.15) is 5.10 Å². The van der Waals surface area contributed by atoms with Crippen LogP contribution in [0.4, 0.5) is 5.69 Å². The van der Waals surface area contributed by atoms with Crippen LogP contribution in [-0.4, -0.2) is 57.5 Å². The number of nitrogens with zero attached hydrogens (tertiary/aromatic N) is 3. The Morgan fingerprint density at radius 2 is 1.88 bits per heavy atom. The number of para-hydroxylation sites is 1. The fourth-order valence-electron chi connectivity index (χ4n) is 3.77. The number of phenols is 1. The van der Waals surface area contributed by atoms with Crippen molar-refractivity contribution in [1.82, 2.24) is 10.0 Å². The Bertz CT molecular complexity index is 1000. The fraction of sp³-hybridized carbons (Fsp3) is 0.375. The van der Waals surface area contributed by atoms with Crippen LogP contribution < -0.4 is 5.43 Å². The second kappa shape index (κ2) is 10.3. The molecule has 0 saturated heterocycles. The third kappa shape index (κ3) is 5.64. The van der Waals surface area contributed by atoms with Crippen LogP contribution in [0.1, 0.15) is 36.5 Å². The van der Waals surface area contributed by atoms with Crippen molar-refractivity contribution in [3.05, 3.63) is 59.2 Å². The third-order valence-electron chi connectivity index (χ3n) is 5.53. The molecule has 0 radical (unpaired) electrons. The zero-order chi connectivity index (χ0) is 23.3. The molecule has 1 unspecified atom stereocenters. The van der Waals surface area contributed by atoms with Crippen LogP contribution in [-0.2, 0) is 22.4 Å². The number of phenolic OH excluding ortho intramolecular Hbond substituents is 1. The summed E-state index contributed by atoms with van der Waals surface area (Å²) in [5.41, 5.74) is 7.48. The Hall–Kier alpha value is -3.39. The number of carbonyl (C=O) groups is 2. The van der Waals surface area contributed by atoms with Crippen LogP contribution in [0.25, 0.3) is 0 Å². The number of amides is 1. The van der Waals surface area contributed by atoms with Gasteiger partial charge in [-0.1, -0.05) is 42.0 Å². The molecule has 0 aliphatic carbocycles. The van der Waals surface area contributed by atoms with Crippen LogP contribution in [0.3, 0.4) is 0 Å². The molecule has 32 heavy (non-hydrogen) atoms. The van der Waals surface area contributed by atoms with Crippen molar-refractivity contribution in [3.8, 4) is 5.75 Å². The molecule has 170 valence electrons. The number of carboxylic acids is 1. The van der Waals surface area contributed by atoms with Gasteiger partial charge >= 0.3 is 5.97 Å². The van der Waals surface area contributed by atoms with E-state index in [0.717, 1.165) is 12.0 Å². The van der Waals surface area contributed by atoms with E-state index in [1.54, 1.807) is 25.0 Å². The number of benzene rings is 2. The van der Waals surface area contributed by atoms with E-state index in [1.807, 2.05) is 12.1 Å². The van der Waals surface area contributed by atoms with Gasteiger partial charge in [-0.05, 0) is 50.3 Å². The number of anilines is 1. The van der Waals surface area contributed by atoms with E-state index in [1.165, 1.54) is 16.1 Å². The van der Waals surface area contributed by atoms with Crippen molar-refractivity contribution in [3.63, 3.8) is 0 Å². The SMILES string of the molecule is CC1=NN(CCCC(=O)O)C(=O)C1N(C)Nc1cccc(CCc2ccc(C)cc2)c1O. The average Bonchev–Trinajstić information content (AvgIpc) is 3.02. The highest BCUT2D eigenvalue weighted by molar-refractivity contribution is 6.10. The third-order valence-corrected chi connectivity index (χ3v) is 5.53. The zero-order valence-corrected chi connectivity index (χ0v) is 18.7. The lowest BCUT2D eigenvalue weighted by Crippen LogP contribution is -2.46. The van der Waals surface area contributed by atoms with Gasteiger partial charge in [0.25, 0.3) is 5.91 Å². The molecule has 0 spiro atoms. The van der Waals surface area contributed by atoms with Crippen molar-refractivity contribution in [2.45, 2.75) is 45.6 Å². The van der Waals surface area contributed by atoms with Gasteiger partial charge in [0.15, 0.2) is 0 Å². The molecule has 3 rings (SSSR count). The quantitative estimate of drug-likeness (QED) is 0.389. The van der Waals surface area contributed by atoms with E-state index in [2.05, 4.69) is 41.7 Å². The number of carbonyl (C=O) groups excluding carboxylic acids is 1. The van der Waals surface area contributed by atoms with E-state index in [9.17, 15) is 14.7 Å². The first kappa shape index (κ1) is 23.3. The molecule has 2 aromatic carbocycles. The predicted octanol–water partition coefficient (Wildman–Crippen LogP) is 3.20. The van der Waals surface area contributed by atoms with Crippen LogP contribution >= 0.6 is 0 Å². The smallest absolute Gasteiger partial charge is 0.303 e. The summed E-state index contributed by atoms with van der Waals surface area (Å²) >= 11 is 0. The molecule has 8 nitrogen and oxygen atoms in total. The van der Waals surface area contributed by atoms with Gasteiger partial charge in [0.2, 0.25) is 0 Å². The molecule has 0 bridgehead atoms. The molecule has 3 N–H and O–H groups in total. The minimum atomic E-state index is -0.898. The second-order valence-corrected chi connectivity index (χ2v) is 8.12. The molecule has 0 aromatic heterocycles. The lowest BCUT2D eigenvalue weighted by Gasteiger charge is -2.26. The molecule has 2 aromatic rings. The largest absolute Gasteiger partial charge is 0.505 e. The summed E-state index contributed by atoms with van der Waals surface area (Å²) in [6, 6.07) is 13.2. The van der Waals surface area contributed by atoms with E-state index < -0.39 is 12.0 Å². The van der Waals surface area contributed by atoms with Crippen LogP contribution in [0.5, 0.6) is 5.75 Å². The number of aromatic hydroxyl groups is 1. The van der Waals surface area contributed by atoms with Gasteiger partial charge in [-0.15, -0.1) is 0 Å². The van der Waals surface area contributed by atoms with E-state index in [0.29, 0.717) is 24.2 Å². The Kier molecular flexibility index (Phi) is 7.48. The minimum Gasteiger partial charge on any atom is -0.505 e. The second-order valence-electron chi connectivity index (χ2n) is 8.12. The molecular weight excluding hydrogens is 408 g/mol. The number of aliphatic carboxylic acids is 1. The first-order chi connectivity index (χ1) is 15.3. The lowest BCUT2D eigenvalue weighted by molar-refractivity contribution is -0.138. The van der Waals surface area contributed by atoms with E-state index >= 15 is 0 Å². The maximum absolute atomic E-state index is 12.8. The Morgan fingerprint density at radius 1 is 1.16 bits per heavy atom. The molecule has 1 aliphatic rings. The Morgan fingerprint density at radius 3 is 2.56 bits per heavy atom. The zero-order valence-electron chi connectivity index (χ0n) is 18.7. The van der Waals surface area contributed by atoms with Gasteiger partial charge in [0, 0.05) is 20.0 Å². The monoisotopic (exact) mass is 438 g/mol. The maximum atomic E-state index is 12.8. The van der Waals surface area contributed by atoms with Crippen LogP contribution in [0, 0.1) is 6.92 Å². The summed E-state index contributed by atoms with van der Waals surface area (Å²) in [5.74, 6) is -0.965. The molecule has 1 amide bonds. The summed E-state index contributed by atoms with van der Waals surface area (Å²) in [7, 11) is 1.72. The number of hydrogen-bond donors (Lipinski definition) is 3. The summed E-state index contributed by atoms with van der Waals surface area (Å²) in [4.78, 5) is 23.5. The first-order valence-electron chi connectivity index (χ1n) is 10.7.